The second-order valence-corrected chi connectivity index (χ2v) is 7.61. The molecule has 1 heterocycles. The van der Waals surface area contributed by atoms with Gasteiger partial charge in [0.15, 0.2) is 0 Å². The Balaban J connectivity index is 1.50. The van der Waals surface area contributed by atoms with Crippen molar-refractivity contribution in [2.45, 2.75) is 25.4 Å². The third-order valence-electron chi connectivity index (χ3n) is 5.75. The highest BCUT2D eigenvalue weighted by molar-refractivity contribution is 5.84. The van der Waals surface area contributed by atoms with Crippen LogP contribution < -0.4 is 0 Å². The molecule has 122 valence electrons. The molecule has 23 heavy (non-hydrogen) atoms. The molecule has 2 aromatic carbocycles. The Morgan fingerprint density at radius 1 is 1.00 bits per heavy atom. The van der Waals surface area contributed by atoms with E-state index in [0.717, 1.165) is 29.8 Å². The van der Waals surface area contributed by atoms with Gasteiger partial charge in [0.2, 0.25) is 0 Å². The van der Waals surface area contributed by atoms with Crippen LogP contribution in [0.4, 0.5) is 0 Å². The second kappa shape index (κ2) is 5.81. The lowest BCUT2D eigenvalue weighted by Gasteiger charge is -2.41. The van der Waals surface area contributed by atoms with Crippen molar-refractivity contribution in [3.63, 3.8) is 0 Å². The number of hydrogen-bond acceptors (Lipinski definition) is 3. The second-order valence-electron chi connectivity index (χ2n) is 7.61. The monoisotopic (exact) mass is 310 g/mol. The molecule has 2 aliphatic rings. The Kier molecular flexibility index (Phi) is 3.78. The Morgan fingerprint density at radius 3 is 2.35 bits per heavy atom. The van der Waals surface area contributed by atoms with Crippen molar-refractivity contribution in [2.75, 3.05) is 27.2 Å². The fourth-order valence-corrected chi connectivity index (χ4v) is 4.90. The molecular formula is C20H26N2O. The van der Waals surface area contributed by atoms with Gasteiger partial charge in [-0.15, -0.1) is 0 Å². The van der Waals surface area contributed by atoms with Crippen LogP contribution in [0.5, 0.6) is 5.75 Å². The molecule has 0 amide bonds. The summed E-state index contributed by atoms with van der Waals surface area (Å²) in [5.41, 5.74) is 1.38. The summed E-state index contributed by atoms with van der Waals surface area (Å²) >= 11 is 0. The zero-order valence-electron chi connectivity index (χ0n) is 14.1. The molecule has 0 spiro atoms. The Hall–Kier alpha value is -1.58. The maximum absolute atomic E-state index is 9.58. The summed E-state index contributed by atoms with van der Waals surface area (Å²) in [6.45, 7) is 3.50. The Morgan fingerprint density at radius 2 is 1.65 bits per heavy atom. The van der Waals surface area contributed by atoms with Gasteiger partial charge in [0, 0.05) is 25.7 Å². The summed E-state index contributed by atoms with van der Waals surface area (Å²) in [6.07, 6.45) is 2.78. The van der Waals surface area contributed by atoms with E-state index in [2.05, 4.69) is 42.1 Å². The first-order chi connectivity index (χ1) is 11.1. The van der Waals surface area contributed by atoms with Crippen LogP contribution in [0.25, 0.3) is 10.8 Å². The summed E-state index contributed by atoms with van der Waals surface area (Å²) in [7, 11) is 4.48. The molecule has 1 unspecified atom stereocenters. The number of hydrogen-bond donors (Lipinski definition) is 1. The van der Waals surface area contributed by atoms with Crippen LogP contribution in [0.1, 0.15) is 18.4 Å². The third-order valence-corrected chi connectivity index (χ3v) is 5.75. The van der Waals surface area contributed by atoms with E-state index in [1.807, 2.05) is 12.1 Å². The van der Waals surface area contributed by atoms with Crippen LogP contribution in [-0.2, 0) is 6.54 Å². The van der Waals surface area contributed by atoms with Gasteiger partial charge in [-0.3, -0.25) is 4.90 Å². The van der Waals surface area contributed by atoms with Crippen LogP contribution in [0.3, 0.4) is 0 Å². The average molecular weight is 310 g/mol. The molecule has 1 saturated carbocycles. The van der Waals surface area contributed by atoms with Gasteiger partial charge in [0.05, 0.1) is 0 Å². The smallest absolute Gasteiger partial charge is 0.116 e. The van der Waals surface area contributed by atoms with Crippen molar-refractivity contribution < 1.29 is 5.11 Å². The van der Waals surface area contributed by atoms with Crippen molar-refractivity contribution in [3.05, 3.63) is 42.0 Å². The van der Waals surface area contributed by atoms with E-state index < -0.39 is 0 Å². The molecule has 3 nitrogen and oxygen atoms in total. The fourth-order valence-electron chi connectivity index (χ4n) is 4.90. The lowest BCUT2D eigenvalue weighted by Crippen LogP contribution is -2.50. The minimum Gasteiger partial charge on any atom is -0.508 e. The summed E-state index contributed by atoms with van der Waals surface area (Å²) in [6, 6.07) is 13.0. The van der Waals surface area contributed by atoms with Gasteiger partial charge in [-0.2, -0.15) is 0 Å². The zero-order chi connectivity index (χ0) is 16.0. The quantitative estimate of drug-likeness (QED) is 0.942. The highest BCUT2D eigenvalue weighted by Crippen LogP contribution is 2.39. The lowest BCUT2D eigenvalue weighted by molar-refractivity contribution is 0.0714. The Bertz CT molecular complexity index is 698. The molecule has 2 fully saturated rings. The summed E-state index contributed by atoms with van der Waals surface area (Å²) in [5.74, 6) is 2.01. The van der Waals surface area contributed by atoms with Crippen LogP contribution in [0.15, 0.2) is 36.4 Å². The van der Waals surface area contributed by atoms with Crippen LogP contribution in [-0.4, -0.2) is 48.1 Å². The molecule has 1 saturated heterocycles. The molecule has 0 radical (unpaired) electrons. The van der Waals surface area contributed by atoms with Crippen molar-refractivity contribution in [1.82, 2.24) is 9.80 Å². The summed E-state index contributed by atoms with van der Waals surface area (Å²) < 4.78 is 0. The molecular weight excluding hydrogens is 284 g/mol. The average Bonchev–Trinajstić information content (AvgIpc) is 2.79. The number of likely N-dealkylation sites (tertiary alicyclic amines) is 1. The maximum Gasteiger partial charge on any atom is 0.116 e. The molecule has 1 aliphatic heterocycles. The largest absolute Gasteiger partial charge is 0.508 e. The van der Waals surface area contributed by atoms with Crippen molar-refractivity contribution >= 4 is 10.8 Å². The van der Waals surface area contributed by atoms with Crippen LogP contribution in [0.2, 0.25) is 0 Å². The van der Waals surface area contributed by atoms with E-state index >= 15 is 0 Å². The van der Waals surface area contributed by atoms with E-state index in [1.165, 1.54) is 36.9 Å². The number of rotatable bonds is 3. The molecule has 3 atom stereocenters. The highest BCUT2D eigenvalue weighted by atomic mass is 16.3. The number of fused-ring (bicyclic) bond motifs is 3. The third kappa shape index (κ3) is 2.84. The summed E-state index contributed by atoms with van der Waals surface area (Å²) in [4.78, 5) is 5.09. The summed E-state index contributed by atoms with van der Waals surface area (Å²) in [5, 5.41) is 11.9. The number of phenols is 1. The Labute approximate surface area is 138 Å². The van der Waals surface area contributed by atoms with Crippen molar-refractivity contribution in [2.24, 2.45) is 11.8 Å². The first-order valence-electron chi connectivity index (χ1n) is 8.70. The van der Waals surface area contributed by atoms with E-state index in [9.17, 15) is 5.11 Å². The predicted octanol–water partition coefficient (Wildman–Crippen LogP) is 3.32. The SMILES string of the molecule is CN(C)C1[C@@H]2CC[C@H]1CN(Cc1ccc3cc(O)ccc3c1)C2. The molecule has 4 rings (SSSR count). The normalized spacial score (nSPS) is 27.9. The van der Waals surface area contributed by atoms with Crippen molar-refractivity contribution in [3.8, 4) is 5.75 Å². The van der Waals surface area contributed by atoms with Gasteiger partial charge in [-0.1, -0.05) is 18.2 Å². The topological polar surface area (TPSA) is 26.7 Å². The zero-order valence-corrected chi connectivity index (χ0v) is 14.1. The molecule has 2 aromatic rings. The fraction of sp³-hybridized carbons (Fsp3) is 0.500. The van der Waals surface area contributed by atoms with E-state index in [1.54, 1.807) is 6.07 Å². The van der Waals surface area contributed by atoms with Gasteiger partial charge in [0.25, 0.3) is 0 Å². The molecule has 2 bridgehead atoms. The number of piperidine rings is 1. The minimum atomic E-state index is 0.340. The predicted molar refractivity (Wildman–Crippen MR) is 94.6 cm³/mol. The first-order valence-corrected chi connectivity index (χ1v) is 8.70. The molecule has 3 heteroatoms. The van der Waals surface area contributed by atoms with Gasteiger partial charge in [0.1, 0.15) is 5.75 Å². The van der Waals surface area contributed by atoms with Gasteiger partial charge in [-0.05, 0) is 73.3 Å². The van der Waals surface area contributed by atoms with Crippen LogP contribution in [0, 0.1) is 11.8 Å². The van der Waals surface area contributed by atoms with Crippen LogP contribution >= 0.6 is 0 Å². The molecule has 0 aromatic heterocycles. The first kappa shape index (κ1) is 15.0. The van der Waals surface area contributed by atoms with E-state index in [4.69, 9.17) is 0 Å². The molecule has 1 aliphatic carbocycles. The van der Waals surface area contributed by atoms with Crippen molar-refractivity contribution in [1.29, 1.82) is 0 Å². The number of nitrogens with zero attached hydrogens (tertiary/aromatic N) is 2. The van der Waals surface area contributed by atoms with Gasteiger partial charge in [-0.25, -0.2) is 0 Å². The van der Waals surface area contributed by atoms with E-state index in [0.29, 0.717) is 5.75 Å². The highest BCUT2D eigenvalue weighted by Gasteiger charge is 2.42. The minimum absolute atomic E-state index is 0.340. The number of benzene rings is 2. The van der Waals surface area contributed by atoms with Gasteiger partial charge < -0.3 is 10.0 Å². The lowest BCUT2D eigenvalue weighted by atomic mass is 9.91. The number of phenolic OH excluding ortho intramolecular Hbond substituents is 1. The standard InChI is InChI=1S/C20H26N2O/c1-21(2)20-17-5-6-18(20)13-22(12-17)11-14-3-4-16-10-19(23)8-7-15(16)9-14/h3-4,7-10,17-18,20,23H,5-6,11-13H2,1-2H3/t17-,18+,20?. The van der Waals surface area contributed by atoms with E-state index in [-0.39, 0.29) is 0 Å². The number of aromatic hydroxyl groups is 1. The van der Waals surface area contributed by atoms with Gasteiger partial charge >= 0.3 is 0 Å². The maximum atomic E-state index is 9.58. The molecule has 1 N–H and O–H groups in total.